The predicted molar refractivity (Wildman–Crippen MR) is 157 cm³/mol. The van der Waals surface area contributed by atoms with Gasteiger partial charge in [0.2, 0.25) is 11.8 Å². The lowest BCUT2D eigenvalue weighted by Crippen LogP contribution is -2.60. The maximum absolute atomic E-state index is 13.9. The molecule has 0 radical (unpaired) electrons. The van der Waals surface area contributed by atoms with Crippen LogP contribution >= 0.6 is 0 Å². The van der Waals surface area contributed by atoms with Crippen molar-refractivity contribution >= 4 is 23.9 Å². The Bertz CT molecular complexity index is 845. The van der Waals surface area contributed by atoms with Gasteiger partial charge < -0.3 is 24.4 Å². The molecule has 3 amide bonds. The van der Waals surface area contributed by atoms with Gasteiger partial charge in [-0.25, -0.2) is 4.79 Å². The van der Waals surface area contributed by atoms with E-state index in [0.29, 0.717) is 0 Å². The number of carbonyl (C=O) groups excluding carboxylic acids is 4. The molecule has 0 rings (SSSR count). The lowest BCUT2D eigenvalue weighted by molar-refractivity contribution is -0.161. The summed E-state index contributed by atoms with van der Waals surface area (Å²) in [5.41, 5.74) is -1.36. The summed E-state index contributed by atoms with van der Waals surface area (Å²) in [6, 6.07) is -2.16. The lowest BCUT2D eigenvalue weighted by atomic mass is 9.90. The fourth-order valence-electron chi connectivity index (χ4n) is 4.62. The van der Waals surface area contributed by atoms with Crippen LogP contribution in [0.4, 0.5) is 4.79 Å². The van der Waals surface area contributed by atoms with Crippen molar-refractivity contribution in [1.82, 2.24) is 15.1 Å². The van der Waals surface area contributed by atoms with Gasteiger partial charge in [0, 0.05) is 21.2 Å². The van der Waals surface area contributed by atoms with Gasteiger partial charge in [0.1, 0.15) is 23.3 Å². The van der Waals surface area contributed by atoms with E-state index < -0.39 is 53.4 Å². The van der Waals surface area contributed by atoms with E-state index >= 15 is 0 Å². The summed E-state index contributed by atoms with van der Waals surface area (Å²) < 4.78 is 16.7. The van der Waals surface area contributed by atoms with Crippen LogP contribution in [0.2, 0.25) is 0 Å². The van der Waals surface area contributed by atoms with Gasteiger partial charge in [-0.1, -0.05) is 48.0 Å². The molecule has 5 atom stereocenters. The minimum atomic E-state index is -0.864. The number of methoxy groups -OCH3 is 1. The molecule has 0 spiro atoms. The summed E-state index contributed by atoms with van der Waals surface area (Å²) in [5, 5.41) is 2.91. The molecular weight excluding hydrogens is 514 g/mol. The first-order valence-corrected chi connectivity index (χ1v) is 14.3. The van der Waals surface area contributed by atoms with Crippen LogP contribution < -0.4 is 5.32 Å². The quantitative estimate of drug-likeness (QED) is 0.320. The average molecular weight is 572 g/mol. The Morgan fingerprint density at radius 2 is 1.30 bits per heavy atom. The van der Waals surface area contributed by atoms with Crippen molar-refractivity contribution in [3.8, 4) is 0 Å². The highest BCUT2D eigenvalue weighted by molar-refractivity contribution is 5.91. The van der Waals surface area contributed by atoms with Gasteiger partial charge >= 0.3 is 12.1 Å². The van der Waals surface area contributed by atoms with Gasteiger partial charge in [-0.15, -0.1) is 0 Å². The maximum atomic E-state index is 13.9. The van der Waals surface area contributed by atoms with Crippen LogP contribution in [-0.4, -0.2) is 90.3 Å². The van der Waals surface area contributed by atoms with Gasteiger partial charge in [0.15, 0.2) is 0 Å². The van der Waals surface area contributed by atoms with Crippen LogP contribution in [0.1, 0.15) is 95.9 Å². The molecular formula is C30H57N3O7. The monoisotopic (exact) mass is 571 g/mol. The van der Waals surface area contributed by atoms with E-state index in [1.165, 1.54) is 19.1 Å². The zero-order valence-electron chi connectivity index (χ0n) is 27.7. The number of hydrogen-bond donors (Lipinski definition) is 1. The second-order valence-electron chi connectivity index (χ2n) is 13.4. The van der Waals surface area contributed by atoms with Crippen molar-refractivity contribution in [3.05, 3.63) is 0 Å². The van der Waals surface area contributed by atoms with Gasteiger partial charge in [-0.2, -0.15) is 0 Å². The number of amides is 3. The summed E-state index contributed by atoms with van der Waals surface area (Å²) in [4.78, 5) is 55.8. The molecule has 0 saturated heterocycles. The number of carbonyl (C=O) groups is 4. The molecule has 0 fully saturated rings. The topological polar surface area (TPSA) is 114 Å². The Hall–Kier alpha value is -2.36. The minimum absolute atomic E-state index is 0.00781. The number of hydrogen-bond acceptors (Lipinski definition) is 7. The van der Waals surface area contributed by atoms with Crippen molar-refractivity contribution in [3.63, 3.8) is 0 Å². The van der Waals surface area contributed by atoms with Crippen LogP contribution in [0.15, 0.2) is 0 Å². The molecule has 0 aliphatic heterocycles. The molecule has 40 heavy (non-hydrogen) atoms. The first-order valence-electron chi connectivity index (χ1n) is 14.3. The van der Waals surface area contributed by atoms with Crippen LogP contribution in [-0.2, 0) is 28.6 Å². The molecule has 0 aromatic carbocycles. The largest absolute Gasteiger partial charge is 0.460 e. The highest BCUT2D eigenvalue weighted by Crippen LogP contribution is 2.25. The number of nitrogens with one attached hydrogen (secondary N) is 1. The number of likely N-dealkylation sites (N-methyl/N-ethyl adjacent to an activating group) is 2. The summed E-state index contributed by atoms with van der Waals surface area (Å²) in [5.74, 6) is -1.65. The van der Waals surface area contributed by atoms with Gasteiger partial charge in [0.25, 0.3) is 0 Å². The molecule has 10 heteroatoms. The molecule has 0 aliphatic rings. The predicted octanol–water partition coefficient (Wildman–Crippen LogP) is 4.64. The van der Waals surface area contributed by atoms with Crippen molar-refractivity contribution in [2.24, 2.45) is 17.8 Å². The third kappa shape index (κ3) is 12.0. The van der Waals surface area contributed by atoms with Crippen molar-refractivity contribution in [2.45, 2.75) is 131 Å². The number of ether oxygens (including phenoxy) is 3. The van der Waals surface area contributed by atoms with E-state index in [2.05, 4.69) is 5.32 Å². The molecule has 1 N–H and O–H groups in total. The van der Waals surface area contributed by atoms with Gasteiger partial charge in [-0.05, 0) is 59.3 Å². The van der Waals surface area contributed by atoms with Gasteiger partial charge in [-0.3, -0.25) is 19.3 Å². The fourth-order valence-corrected chi connectivity index (χ4v) is 4.62. The maximum Gasteiger partial charge on any atom is 0.410 e. The molecule has 10 nitrogen and oxygen atoms in total. The Morgan fingerprint density at radius 1 is 0.800 bits per heavy atom. The van der Waals surface area contributed by atoms with Gasteiger partial charge in [0.05, 0.1) is 18.6 Å². The van der Waals surface area contributed by atoms with E-state index in [4.69, 9.17) is 14.2 Å². The van der Waals surface area contributed by atoms with Crippen LogP contribution in [0.25, 0.3) is 0 Å². The third-order valence-electron chi connectivity index (χ3n) is 6.72. The van der Waals surface area contributed by atoms with E-state index in [9.17, 15) is 19.2 Å². The van der Waals surface area contributed by atoms with Crippen molar-refractivity contribution < 1.29 is 33.4 Å². The Kier molecular flexibility index (Phi) is 14.7. The number of rotatable bonds is 13. The summed E-state index contributed by atoms with van der Waals surface area (Å²) in [6.45, 7) is 22.1. The molecule has 0 aromatic rings. The van der Waals surface area contributed by atoms with Crippen LogP contribution in [0.5, 0.6) is 0 Å². The molecule has 0 saturated carbocycles. The average Bonchev–Trinajstić information content (AvgIpc) is 2.78. The van der Waals surface area contributed by atoms with Crippen LogP contribution in [0, 0.1) is 17.8 Å². The minimum Gasteiger partial charge on any atom is -0.460 e. The highest BCUT2D eigenvalue weighted by atomic mass is 16.6. The second-order valence-corrected chi connectivity index (χ2v) is 13.4. The highest BCUT2D eigenvalue weighted by Gasteiger charge is 2.40. The first kappa shape index (κ1) is 37.6. The fraction of sp³-hybridized carbons (Fsp3) is 0.867. The molecule has 0 heterocycles. The van der Waals surface area contributed by atoms with Crippen molar-refractivity contribution in [1.29, 1.82) is 0 Å². The Balaban J connectivity index is 6.10. The first-order chi connectivity index (χ1) is 18.1. The van der Waals surface area contributed by atoms with E-state index in [-0.39, 0.29) is 30.1 Å². The lowest BCUT2D eigenvalue weighted by Gasteiger charge is -2.40. The number of esters is 1. The van der Waals surface area contributed by atoms with E-state index in [0.717, 1.165) is 6.42 Å². The zero-order valence-corrected chi connectivity index (χ0v) is 27.7. The third-order valence-corrected chi connectivity index (χ3v) is 6.72. The normalized spacial score (nSPS) is 16.0. The van der Waals surface area contributed by atoms with Crippen LogP contribution in [0.3, 0.4) is 0 Å². The Morgan fingerprint density at radius 3 is 1.68 bits per heavy atom. The Labute approximate surface area is 242 Å². The smallest absolute Gasteiger partial charge is 0.410 e. The summed E-state index contributed by atoms with van der Waals surface area (Å²) in [7, 11) is 4.72. The SMILES string of the molecule is CC[C@H](C)[C@@H]([C@@H](CC(=O)OC(C)(C)C)OC)N(C)C(=O)[C@@H](NC(=O)[C@H](C(C)C)N(C)C(=O)OC(C)(C)C)C(C)C. The van der Waals surface area contributed by atoms with E-state index in [1.807, 2.05) is 41.5 Å². The molecule has 0 unspecified atom stereocenters. The molecule has 0 aliphatic carbocycles. The molecule has 0 bridgehead atoms. The summed E-state index contributed by atoms with van der Waals surface area (Å²) in [6.07, 6.45) is -0.502. The molecule has 234 valence electrons. The van der Waals surface area contributed by atoms with E-state index in [1.54, 1.807) is 53.5 Å². The standard InChI is InChI=1S/C30H57N3O7/c1-16-20(6)25(21(38-15)17-22(34)39-29(7,8)9)32(13)27(36)23(18(2)3)31-26(35)24(19(4)5)33(14)28(37)40-30(10,11)12/h18-21,23-25H,16-17H2,1-15H3,(H,31,35)/t20-,21+,23-,24-,25-/m0/s1. The van der Waals surface area contributed by atoms with Crippen molar-refractivity contribution in [2.75, 3.05) is 21.2 Å². The zero-order chi connectivity index (χ0) is 31.7. The summed E-state index contributed by atoms with van der Waals surface area (Å²) >= 11 is 0. The molecule has 0 aromatic heterocycles. The number of nitrogens with zero attached hydrogens (tertiary/aromatic N) is 2. The second kappa shape index (κ2) is 15.6.